The molecule has 0 bridgehead atoms. The number of hydrogen-bond acceptors (Lipinski definition) is 3. The summed E-state index contributed by atoms with van der Waals surface area (Å²) in [5.74, 6) is 0.148. The van der Waals surface area contributed by atoms with E-state index in [0.29, 0.717) is 12.5 Å². The van der Waals surface area contributed by atoms with Gasteiger partial charge in [0.25, 0.3) is 0 Å². The molecule has 3 nitrogen and oxygen atoms in total. The molecular formula is C12H22O3Si. The Morgan fingerprint density at radius 3 is 2.31 bits per heavy atom. The van der Waals surface area contributed by atoms with Crippen molar-refractivity contribution < 1.29 is 14.3 Å². The smallest absolute Gasteiger partial charge is 0.335 e. The van der Waals surface area contributed by atoms with E-state index in [1.54, 1.807) is 0 Å². The number of rotatable bonds is 4. The van der Waals surface area contributed by atoms with Crippen LogP contribution in [0.4, 0.5) is 0 Å². The van der Waals surface area contributed by atoms with E-state index in [4.69, 9.17) is 9.47 Å². The van der Waals surface area contributed by atoms with E-state index in [9.17, 15) is 4.79 Å². The molecule has 16 heavy (non-hydrogen) atoms. The lowest BCUT2D eigenvalue weighted by Crippen LogP contribution is -2.48. The van der Waals surface area contributed by atoms with Crippen LogP contribution >= 0.6 is 0 Å². The molecule has 1 aliphatic rings. The second-order valence-electron chi connectivity index (χ2n) is 5.23. The maximum Gasteiger partial charge on any atom is 0.335 e. The molecule has 0 heterocycles. The van der Waals surface area contributed by atoms with Gasteiger partial charge in [-0.25, -0.2) is 4.79 Å². The summed E-state index contributed by atoms with van der Waals surface area (Å²) in [6.45, 7) is 11.5. The van der Waals surface area contributed by atoms with Gasteiger partial charge in [-0.15, -0.1) is 0 Å². The van der Waals surface area contributed by atoms with Crippen molar-refractivity contribution in [2.24, 2.45) is 5.92 Å². The summed E-state index contributed by atoms with van der Waals surface area (Å²) in [6.07, 6.45) is -0.0563. The van der Waals surface area contributed by atoms with Crippen LogP contribution in [0.3, 0.4) is 0 Å². The van der Waals surface area contributed by atoms with Crippen LogP contribution in [0.25, 0.3) is 0 Å². The van der Waals surface area contributed by atoms with Gasteiger partial charge < -0.3 is 9.47 Å². The Morgan fingerprint density at radius 1 is 1.38 bits per heavy atom. The first kappa shape index (κ1) is 13.5. The Hall–Kier alpha value is -0.613. The third-order valence-corrected chi connectivity index (χ3v) is 5.38. The SMILES string of the molecule is CCO[C@H]1C(C(=O)OC)=C([Si](C)(C)C)[C@H]1C. The van der Waals surface area contributed by atoms with Gasteiger partial charge >= 0.3 is 5.97 Å². The zero-order valence-corrected chi connectivity index (χ0v) is 12.1. The minimum absolute atomic E-state index is 0.0563. The summed E-state index contributed by atoms with van der Waals surface area (Å²) in [4.78, 5) is 11.7. The molecule has 92 valence electrons. The van der Waals surface area contributed by atoms with Crippen LogP contribution in [0.2, 0.25) is 19.6 Å². The second kappa shape index (κ2) is 4.71. The van der Waals surface area contributed by atoms with Crippen LogP contribution in [0.5, 0.6) is 0 Å². The summed E-state index contributed by atoms with van der Waals surface area (Å²) >= 11 is 0. The predicted molar refractivity (Wildman–Crippen MR) is 67.0 cm³/mol. The average molecular weight is 242 g/mol. The molecule has 0 aromatic rings. The number of carbonyl (C=O) groups excluding carboxylic acids is 1. The number of ether oxygens (including phenoxy) is 2. The minimum atomic E-state index is -1.45. The highest BCUT2D eigenvalue weighted by Crippen LogP contribution is 2.42. The molecule has 0 amide bonds. The van der Waals surface area contributed by atoms with Crippen molar-refractivity contribution in [3.8, 4) is 0 Å². The van der Waals surface area contributed by atoms with Crippen molar-refractivity contribution in [3.05, 3.63) is 10.8 Å². The first-order chi connectivity index (χ1) is 7.34. The van der Waals surface area contributed by atoms with E-state index in [1.165, 1.54) is 12.3 Å². The van der Waals surface area contributed by atoms with Crippen molar-refractivity contribution in [2.45, 2.75) is 39.6 Å². The molecule has 4 heteroatoms. The molecule has 0 N–H and O–H groups in total. The van der Waals surface area contributed by atoms with E-state index < -0.39 is 8.07 Å². The van der Waals surface area contributed by atoms with E-state index >= 15 is 0 Å². The molecule has 1 aliphatic carbocycles. The second-order valence-corrected chi connectivity index (χ2v) is 10.3. The van der Waals surface area contributed by atoms with Crippen molar-refractivity contribution in [1.82, 2.24) is 0 Å². The molecule has 0 radical (unpaired) electrons. The fourth-order valence-corrected chi connectivity index (χ4v) is 5.10. The Balaban J connectivity index is 3.07. The Morgan fingerprint density at radius 2 is 1.94 bits per heavy atom. The van der Waals surface area contributed by atoms with E-state index in [1.807, 2.05) is 6.92 Å². The lowest BCUT2D eigenvalue weighted by atomic mass is 9.83. The average Bonchev–Trinajstić information content (AvgIpc) is 2.18. The number of hydrogen-bond donors (Lipinski definition) is 0. The van der Waals surface area contributed by atoms with Gasteiger partial charge in [0.05, 0.1) is 26.9 Å². The molecule has 0 aromatic heterocycles. The fraction of sp³-hybridized carbons (Fsp3) is 0.750. The van der Waals surface area contributed by atoms with Gasteiger partial charge in [-0.3, -0.25) is 0 Å². The minimum Gasteiger partial charge on any atom is -0.466 e. The highest BCUT2D eigenvalue weighted by Gasteiger charge is 2.47. The summed E-state index contributed by atoms with van der Waals surface area (Å²) in [6, 6.07) is 0. The van der Waals surface area contributed by atoms with Crippen LogP contribution < -0.4 is 0 Å². The largest absolute Gasteiger partial charge is 0.466 e. The van der Waals surface area contributed by atoms with Gasteiger partial charge in [0.1, 0.15) is 0 Å². The number of esters is 1. The van der Waals surface area contributed by atoms with Gasteiger partial charge in [-0.2, -0.15) is 0 Å². The normalized spacial score (nSPS) is 25.4. The molecular weight excluding hydrogens is 220 g/mol. The first-order valence-corrected chi connectivity index (χ1v) is 9.29. The number of methoxy groups -OCH3 is 1. The van der Waals surface area contributed by atoms with Gasteiger partial charge in [-0.1, -0.05) is 31.8 Å². The quantitative estimate of drug-likeness (QED) is 0.561. The Bertz CT molecular complexity index is 315. The monoisotopic (exact) mass is 242 g/mol. The maximum absolute atomic E-state index is 11.7. The lowest BCUT2D eigenvalue weighted by Gasteiger charge is -2.43. The molecule has 2 atom stereocenters. The lowest BCUT2D eigenvalue weighted by molar-refractivity contribution is -0.139. The summed E-state index contributed by atoms with van der Waals surface area (Å²) in [5.41, 5.74) is 0.788. The molecule has 0 saturated carbocycles. The third kappa shape index (κ3) is 2.22. The number of carbonyl (C=O) groups is 1. The van der Waals surface area contributed by atoms with Gasteiger partial charge in [-0.05, 0) is 6.92 Å². The third-order valence-electron chi connectivity index (χ3n) is 3.04. The van der Waals surface area contributed by atoms with Gasteiger partial charge in [0.2, 0.25) is 0 Å². The van der Waals surface area contributed by atoms with Crippen LogP contribution in [-0.4, -0.2) is 33.9 Å². The molecule has 0 unspecified atom stereocenters. The molecule has 0 aromatic carbocycles. The molecule has 0 saturated heterocycles. The summed E-state index contributed by atoms with van der Waals surface area (Å²) in [5, 5.41) is 1.30. The first-order valence-electron chi connectivity index (χ1n) is 5.79. The van der Waals surface area contributed by atoms with Crippen molar-refractivity contribution >= 4 is 14.0 Å². The van der Waals surface area contributed by atoms with E-state index in [2.05, 4.69) is 26.6 Å². The highest BCUT2D eigenvalue weighted by molar-refractivity contribution is 6.84. The highest BCUT2D eigenvalue weighted by atomic mass is 28.3. The van der Waals surface area contributed by atoms with Crippen LogP contribution in [0, 0.1) is 5.92 Å². The molecule has 0 aliphatic heterocycles. The van der Waals surface area contributed by atoms with Crippen LogP contribution in [-0.2, 0) is 14.3 Å². The molecule has 0 spiro atoms. The Kier molecular flexibility index (Phi) is 3.96. The molecule has 1 rings (SSSR count). The zero-order valence-electron chi connectivity index (χ0n) is 11.1. The fourth-order valence-electron chi connectivity index (χ4n) is 2.53. The topological polar surface area (TPSA) is 35.5 Å². The van der Waals surface area contributed by atoms with Crippen LogP contribution in [0.1, 0.15) is 13.8 Å². The van der Waals surface area contributed by atoms with Crippen molar-refractivity contribution in [2.75, 3.05) is 13.7 Å². The summed E-state index contributed by atoms with van der Waals surface area (Å²) in [7, 11) is -0.0173. The maximum atomic E-state index is 11.7. The molecule has 0 fully saturated rings. The van der Waals surface area contributed by atoms with Gasteiger partial charge in [0, 0.05) is 12.5 Å². The van der Waals surface area contributed by atoms with Crippen molar-refractivity contribution in [3.63, 3.8) is 0 Å². The Labute approximate surface area is 98.8 Å². The van der Waals surface area contributed by atoms with Gasteiger partial charge in [0.15, 0.2) is 0 Å². The van der Waals surface area contributed by atoms with E-state index in [-0.39, 0.29) is 12.1 Å². The predicted octanol–water partition coefficient (Wildman–Crippen LogP) is 2.39. The van der Waals surface area contributed by atoms with E-state index in [0.717, 1.165) is 5.57 Å². The zero-order chi connectivity index (χ0) is 12.5. The van der Waals surface area contributed by atoms with Crippen LogP contribution in [0.15, 0.2) is 10.8 Å². The van der Waals surface area contributed by atoms with Crippen molar-refractivity contribution in [1.29, 1.82) is 0 Å². The standard InChI is InChI=1S/C12H22O3Si/c1-7-15-10-8(2)11(16(4,5)6)9(10)12(13)14-3/h8,10H,7H2,1-6H3/t8-,10+/m0/s1. The summed E-state index contributed by atoms with van der Waals surface area (Å²) < 4.78 is 10.5.